The molecule has 0 aromatic heterocycles. The molecule has 1 aliphatic carbocycles. The first-order valence-corrected chi connectivity index (χ1v) is 10.5. The number of hydrogen-bond acceptors (Lipinski definition) is 4. The lowest BCUT2D eigenvalue weighted by atomic mass is 9.86. The second kappa shape index (κ2) is 7.60. The van der Waals surface area contributed by atoms with Crippen LogP contribution in [0.3, 0.4) is 0 Å². The Morgan fingerprint density at radius 2 is 2.12 bits per heavy atom. The van der Waals surface area contributed by atoms with Crippen LogP contribution in [0, 0.1) is 11.8 Å². The van der Waals surface area contributed by atoms with Gasteiger partial charge in [0.05, 0.1) is 6.61 Å². The van der Waals surface area contributed by atoms with Crippen LogP contribution in [-0.2, 0) is 10.0 Å². The molecule has 1 saturated heterocycles. The highest BCUT2D eigenvalue weighted by Crippen LogP contribution is 2.31. The van der Waals surface area contributed by atoms with Crippen molar-refractivity contribution in [3.05, 3.63) is 23.2 Å². The molecule has 24 heavy (non-hydrogen) atoms. The molecule has 2 atom stereocenters. The number of benzene rings is 1. The Bertz CT molecular complexity index is 676. The maximum Gasteiger partial charge on any atom is 0.244 e. The summed E-state index contributed by atoms with van der Waals surface area (Å²) in [6, 6.07) is 4.73. The van der Waals surface area contributed by atoms with Crippen LogP contribution in [0.1, 0.15) is 32.6 Å². The Hall–Kier alpha value is -0.820. The van der Waals surface area contributed by atoms with E-state index >= 15 is 0 Å². The van der Waals surface area contributed by atoms with Crippen molar-refractivity contribution in [3.8, 4) is 5.75 Å². The summed E-state index contributed by atoms with van der Waals surface area (Å²) in [7, 11) is -3.67. The van der Waals surface area contributed by atoms with E-state index in [1.54, 1.807) is 12.1 Å². The third-order valence-corrected chi connectivity index (χ3v) is 6.73. The highest BCUT2D eigenvalue weighted by Gasteiger charge is 2.29. The fraction of sp³-hybridized carbons (Fsp3) is 0.647. The van der Waals surface area contributed by atoms with Gasteiger partial charge < -0.3 is 10.1 Å². The minimum absolute atomic E-state index is 0.0743. The van der Waals surface area contributed by atoms with Crippen molar-refractivity contribution in [2.75, 3.05) is 19.7 Å². The van der Waals surface area contributed by atoms with Crippen LogP contribution in [0.4, 0.5) is 0 Å². The molecule has 2 aliphatic rings. The van der Waals surface area contributed by atoms with Gasteiger partial charge in [0.25, 0.3) is 0 Å². The van der Waals surface area contributed by atoms with Gasteiger partial charge in [-0.25, -0.2) is 13.1 Å². The number of sulfonamides is 1. The van der Waals surface area contributed by atoms with Crippen molar-refractivity contribution < 1.29 is 13.2 Å². The molecule has 0 bridgehead atoms. The number of halogens is 1. The Morgan fingerprint density at radius 3 is 2.79 bits per heavy atom. The summed E-state index contributed by atoms with van der Waals surface area (Å²) < 4.78 is 34.4. The number of nitrogens with one attached hydrogen (secondary N) is 2. The lowest BCUT2D eigenvalue weighted by Gasteiger charge is -2.30. The van der Waals surface area contributed by atoms with Gasteiger partial charge >= 0.3 is 0 Å². The van der Waals surface area contributed by atoms with E-state index < -0.39 is 10.0 Å². The second-order valence-corrected chi connectivity index (χ2v) is 9.02. The van der Waals surface area contributed by atoms with E-state index in [0.717, 1.165) is 32.4 Å². The van der Waals surface area contributed by atoms with Gasteiger partial charge in [-0.2, -0.15) is 0 Å². The predicted molar refractivity (Wildman–Crippen MR) is 95.0 cm³/mol. The van der Waals surface area contributed by atoms with Crippen molar-refractivity contribution in [1.29, 1.82) is 0 Å². The summed E-state index contributed by atoms with van der Waals surface area (Å²) in [6.07, 6.45) is 4.31. The van der Waals surface area contributed by atoms with Crippen LogP contribution in [0.5, 0.6) is 5.75 Å². The molecular formula is C17H25ClN2O3S. The topological polar surface area (TPSA) is 67.4 Å². The molecule has 1 saturated carbocycles. The monoisotopic (exact) mass is 372 g/mol. The van der Waals surface area contributed by atoms with Gasteiger partial charge in [0.1, 0.15) is 10.6 Å². The van der Waals surface area contributed by atoms with Crippen LogP contribution < -0.4 is 14.8 Å². The molecule has 1 heterocycles. The summed E-state index contributed by atoms with van der Waals surface area (Å²) in [5, 5.41) is 3.67. The SMILES string of the molecule is CC1CNCCC1NS(=O)(=O)c1cc(Cl)ccc1OCC1CCC1. The molecule has 2 unspecified atom stereocenters. The Morgan fingerprint density at radius 1 is 1.33 bits per heavy atom. The average Bonchev–Trinajstić information content (AvgIpc) is 2.49. The second-order valence-electron chi connectivity index (χ2n) is 6.90. The molecule has 2 fully saturated rings. The van der Waals surface area contributed by atoms with Crippen LogP contribution in [0.2, 0.25) is 5.02 Å². The Balaban J connectivity index is 1.78. The first-order valence-electron chi connectivity index (χ1n) is 8.61. The molecule has 1 aromatic carbocycles. The normalized spacial score (nSPS) is 25.2. The zero-order valence-corrected chi connectivity index (χ0v) is 15.5. The van der Waals surface area contributed by atoms with Gasteiger partial charge in [0.2, 0.25) is 10.0 Å². The fourth-order valence-electron chi connectivity index (χ4n) is 3.13. The molecule has 5 nitrogen and oxygen atoms in total. The summed E-state index contributed by atoms with van der Waals surface area (Å²) in [5.41, 5.74) is 0. The molecule has 0 spiro atoms. The van der Waals surface area contributed by atoms with Crippen molar-refractivity contribution in [2.45, 2.75) is 43.5 Å². The molecule has 1 aromatic rings. The Labute approximate surface area is 149 Å². The number of hydrogen-bond donors (Lipinski definition) is 2. The van der Waals surface area contributed by atoms with Crippen molar-refractivity contribution in [2.24, 2.45) is 11.8 Å². The average molecular weight is 373 g/mol. The number of piperidine rings is 1. The largest absolute Gasteiger partial charge is 0.492 e. The van der Waals surface area contributed by atoms with Gasteiger partial charge in [-0.3, -0.25) is 0 Å². The standard InChI is InChI=1S/C17H25ClN2O3S/c1-12-10-19-8-7-15(12)20-24(21,22)17-9-14(18)5-6-16(17)23-11-13-3-2-4-13/h5-6,9,12-13,15,19-20H,2-4,7-8,10-11H2,1H3. The molecule has 0 amide bonds. The summed E-state index contributed by atoms with van der Waals surface area (Å²) >= 11 is 6.04. The smallest absolute Gasteiger partial charge is 0.244 e. The zero-order chi connectivity index (χ0) is 17.2. The lowest BCUT2D eigenvalue weighted by molar-refractivity contribution is 0.177. The first kappa shape index (κ1) is 18.0. The van der Waals surface area contributed by atoms with Gasteiger partial charge in [-0.15, -0.1) is 0 Å². The van der Waals surface area contributed by atoms with E-state index in [1.165, 1.54) is 12.5 Å². The molecular weight excluding hydrogens is 348 g/mol. The van der Waals surface area contributed by atoms with Crippen LogP contribution >= 0.6 is 11.6 Å². The first-order chi connectivity index (χ1) is 11.5. The van der Waals surface area contributed by atoms with E-state index in [4.69, 9.17) is 16.3 Å². The highest BCUT2D eigenvalue weighted by atomic mass is 35.5. The number of ether oxygens (including phenoxy) is 1. The van der Waals surface area contributed by atoms with Crippen molar-refractivity contribution in [3.63, 3.8) is 0 Å². The summed E-state index contributed by atoms with van der Waals surface area (Å²) in [4.78, 5) is 0.139. The maximum atomic E-state index is 12.9. The fourth-order valence-corrected chi connectivity index (χ4v) is 4.92. The summed E-state index contributed by atoms with van der Waals surface area (Å²) in [5.74, 6) is 1.17. The van der Waals surface area contributed by atoms with Gasteiger partial charge in [-0.1, -0.05) is 24.9 Å². The third-order valence-electron chi connectivity index (χ3n) is 4.99. The van der Waals surface area contributed by atoms with Crippen molar-refractivity contribution in [1.82, 2.24) is 10.0 Å². The minimum atomic E-state index is -3.67. The minimum Gasteiger partial charge on any atom is -0.492 e. The molecule has 0 radical (unpaired) electrons. The van der Waals surface area contributed by atoms with Gasteiger partial charge in [0, 0.05) is 11.1 Å². The quantitative estimate of drug-likeness (QED) is 0.805. The maximum absolute atomic E-state index is 12.9. The summed E-state index contributed by atoms with van der Waals surface area (Å²) in [6.45, 7) is 4.24. The van der Waals surface area contributed by atoms with E-state index in [1.807, 2.05) is 6.92 Å². The van der Waals surface area contributed by atoms with Gasteiger partial charge in [0.15, 0.2) is 0 Å². The van der Waals surface area contributed by atoms with Crippen LogP contribution in [0.15, 0.2) is 23.1 Å². The molecule has 2 N–H and O–H groups in total. The van der Waals surface area contributed by atoms with E-state index in [-0.39, 0.29) is 16.9 Å². The molecule has 3 rings (SSSR count). The highest BCUT2D eigenvalue weighted by molar-refractivity contribution is 7.89. The van der Waals surface area contributed by atoms with Gasteiger partial charge in [-0.05, 0) is 62.4 Å². The van der Waals surface area contributed by atoms with E-state index in [2.05, 4.69) is 10.0 Å². The third kappa shape index (κ3) is 4.23. The predicted octanol–water partition coefficient (Wildman–Crippen LogP) is 2.80. The lowest BCUT2D eigenvalue weighted by Crippen LogP contribution is -2.48. The number of rotatable bonds is 6. The molecule has 7 heteroatoms. The van der Waals surface area contributed by atoms with Crippen LogP contribution in [-0.4, -0.2) is 34.2 Å². The molecule has 1 aliphatic heterocycles. The zero-order valence-electron chi connectivity index (χ0n) is 13.9. The molecule has 134 valence electrons. The van der Waals surface area contributed by atoms with Crippen molar-refractivity contribution >= 4 is 21.6 Å². The van der Waals surface area contributed by atoms with E-state index in [9.17, 15) is 8.42 Å². The van der Waals surface area contributed by atoms with E-state index in [0.29, 0.717) is 23.3 Å². The Kier molecular flexibility index (Phi) is 5.70. The van der Waals surface area contributed by atoms with Crippen LogP contribution in [0.25, 0.3) is 0 Å².